The standard InChI is InChI=1S/C19H22N6OS/c1-12-20-11-16(26-12)14-8-7-13(10-21-14)22-19-23-15-6-4-5-9-27-17(15)18(24-19)25(2)3/h7-8,10-11H,4-6,9H2,1-3H3,(H,22,23,24). The molecule has 3 aromatic rings. The van der Waals surface area contributed by atoms with E-state index in [2.05, 4.69) is 20.2 Å². The molecule has 0 bridgehead atoms. The number of anilines is 3. The minimum Gasteiger partial charge on any atom is -0.439 e. The van der Waals surface area contributed by atoms with Crippen molar-refractivity contribution >= 4 is 29.2 Å². The van der Waals surface area contributed by atoms with Gasteiger partial charge in [0.1, 0.15) is 11.5 Å². The molecule has 0 unspecified atom stereocenters. The van der Waals surface area contributed by atoms with Crippen LogP contribution in [0.3, 0.4) is 0 Å². The zero-order valence-corrected chi connectivity index (χ0v) is 16.5. The van der Waals surface area contributed by atoms with E-state index in [1.54, 1.807) is 12.4 Å². The Morgan fingerprint density at radius 1 is 1.11 bits per heavy atom. The summed E-state index contributed by atoms with van der Waals surface area (Å²) < 4.78 is 5.52. The van der Waals surface area contributed by atoms with Gasteiger partial charge in [-0.1, -0.05) is 0 Å². The van der Waals surface area contributed by atoms with E-state index in [0.29, 0.717) is 17.6 Å². The molecule has 140 valence electrons. The summed E-state index contributed by atoms with van der Waals surface area (Å²) >= 11 is 1.86. The van der Waals surface area contributed by atoms with Gasteiger partial charge in [0.15, 0.2) is 11.7 Å². The lowest BCUT2D eigenvalue weighted by Crippen LogP contribution is -2.15. The van der Waals surface area contributed by atoms with E-state index in [1.807, 2.05) is 44.9 Å². The first-order valence-corrected chi connectivity index (χ1v) is 9.95. The van der Waals surface area contributed by atoms with Crippen molar-refractivity contribution in [2.24, 2.45) is 0 Å². The van der Waals surface area contributed by atoms with Crippen LogP contribution in [-0.2, 0) is 6.42 Å². The van der Waals surface area contributed by atoms with Gasteiger partial charge >= 0.3 is 0 Å². The molecule has 1 aliphatic heterocycles. The molecule has 4 heterocycles. The quantitative estimate of drug-likeness (QED) is 0.723. The van der Waals surface area contributed by atoms with Gasteiger partial charge in [-0.05, 0) is 37.1 Å². The van der Waals surface area contributed by atoms with Gasteiger partial charge in [0.25, 0.3) is 0 Å². The van der Waals surface area contributed by atoms with Crippen LogP contribution in [-0.4, -0.2) is 39.8 Å². The van der Waals surface area contributed by atoms with Gasteiger partial charge in [-0.15, -0.1) is 11.8 Å². The van der Waals surface area contributed by atoms with Crippen molar-refractivity contribution in [1.29, 1.82) is 0 Å². The van der Waals surface area contributed by atoms with Gasteiger partial charge in [-0.25, -0.2) is 9.97 Å². The minimum atomic E-state index is 0.602. The van der Waals surface area contributed by atoms with Crippen LogP contribution < -0.4 is 10.2 Å². The van der Waals surface area contributed by atoms with E-state index >= 15 is 0 Å². The van der Waals surface area contributed by atoms with Crippen LogP contribution in [0.4, 0.5) is 17.5 Å². The van der Waals surface area contributed by atoms with Crippen molar-refractivity contribution in [3.05, 3.63) is 36.1 Å². The third-order valence-electron chi connectivity index (χ3n) is 4.29. The van der Waals surface area contributed by atoms with Crippen LogP contribution in [0, 0.1) is 6.92 Å². The predicted molar refractivity (Wildman–Crippen MR) is 108 cm³/mol. The Bertz CT molecular complexity index is 938. The molecule has 0 saturated heterocycles. The molecule has 1 N–H and O–H groups in total. The highest BCUT2D eigenvalue weighted by Crippen LogP contribution is 2.35. The average Bonchev–Trinajstić information content (AvgIpc) is 2.95. The van der Waals surface area contributed by atoms with Crippen LogP contribution in [0.5, 0.6) is 0 Å². The molecule has 0 atom stereocenters. The molecular weight excluding hydrogens is 360 g/mol. The van der Waals surface area contributed by atoms with Crippen molar-refractivity contribution in [1.82, 2.24) is 19.9 Å². The van der Waals surface area contributed by atoms with Crippen molar-refractivity contribution < 1.29 is 4.42 Å². The van der Waals surface area contributed by atoms with Crippen molar-refractivity contribution in [3.63, 3.8) is 0 Å². The average molecular weight is 382 g/mol. The Hall–Kier alpha value is -2.61. The molecule has 1 aliphatic rings. The fourth-order valence-corrected chi connectivity index (χ4v) is 4.18. The number of pyridine rings is 1. The normalized spacial score (nSPS) is 13.7. The fourth-order valence-electron chi connectivity index (χ4n) is 2.95. The molecule has 27 heavy (non-hydrogen) atoms. The number of nitrogens with one attached hydrogen (secondary N) is 1. The molecular formula is C19H22N6OS. The molecule has 0 aromatic carbocycles. The monoisotopic (exact) mass is 382 g/mol. The Kier molecular flexibility index (Phi) is 4.98. The van der Waals surface area contributed by atoms with Crippen molar-refractivity contribution in [2.75, 3.05) is 30.1 Å². The number of fused-ring (bicyclic) bond motifs is 1. The summed E-state index contributed by atoms with van der Waals surface area (Å²) in [4.78, 5) is 21.3. The second kappa shape index (κ2) is 7.56. The Morgan fingerprint density at radius 2 is 2.00 bits per heavy atom. The van der Waals surface area contributed by atoms with Gasteiger partial charge in [0, 0.05) is 21.0 Å². The smallest absolute Gasteiger partial charge is 0.229 e. The number of aromatic nitrogens is 4. The van der Waals surface area contributed by atoms with Crippen molar-refractivity contribution in [3.8, 4) is 11.5 Å². The number of hydrogen-bond acceptors (Lipinski definition) is 8. The highest BCUT2D eigenvalue weighted by Gasteiger charge is 2.19. The van der Waals surface area contributed by atoms with E-state index in [4.69, 9.17) is 14.4 Å². The number of hydrogen-bond donors (Lipinski definition) is 1. The van der Waals surface area contributed by atoms with E-state index < -0.39 is 0 Å². The lowest BCUT2D eigenvalue weighted by atomic mass is 10.2. The van der Waals surface area contributed by atoms with E-state index in [-0.39, 0.29) is 0 Å². The van der Waals surface area contributed by atoms with E-state index in [1.165, 1.54) is 11.3 Å². The lowest BCUT2D eigenvalue weighted by molar-refractivity contribution is 0.532. The summed E-state index contributed by atoms with van der Waals surface area (Å²) in [6.45, 7) is 1.82. The third-order valence-corrected chi connectivity index (χ3v) is 5.49. The number of oxazole rings is 1. The predicted octanol–water partition coefficient (Wildman–Crippen LogP) is 4.07. The van der Waals surface area contributed by atoms with Crippen LogP contribution in [0.1, 0.15) is 24.4 Å². The van der Waals surface area contributed by atoms with Gasteiger partial charge in [-0.2, -0.15) is 4.98 Å². The third kappa shape index (κ3) is 3.90. The number of thioether (sulfide) groups is 1. The fraction of sp³-hybridized carbons (Fsp3) is 0.368. The van der Waals surface area contributed by atoms with E-state index in [9.17, 15) is 0 Å². The molecule has 0 spiro atoms. The van der Waals surface area contributed by atoms with Gasteiger partial charge in [0.05, 0.1) is 28.7 Å². The summed E-state index contributed by atoms with van der Waals surface area (Å²) in [5.74, 6) is 3.98. The largest absolute Gasteiger partial charge is 0.439 e. The Labute approximate surface area is 162 Å². The van der Waals surface area contributed by atoms with Crippen LogP contribution >= 0.6 is 11.8 Å². The zero-order chi connectivity index (χ0) is 18.8. The molecule has 0 radical (unpaired) electrons. The molecule has 3 aromatic heterocycles. The number of rotatable bonds is 4. The minimum absolute atomic E-state index is 0.602. The highest BCUT2D eigenvalue weighted by molar-refractivity contribution is 7.99. The number of aryl methyl sites for hydroxylation is 2. The Balaban J connectivity index is 1.60. The first kappa shape index (κ1) is 17.8. The summed E-state index contributed by atoms with van der Waals surface area (Å²) in [6.07, 6.45) is 6.80. The number of nitrogens with zero attached hydrogens (tertiary/aromatic N) is 5. The van der Waals surface area contributed by atoms with Gasteiger partial charge in [-0.3, -0.25) is 4.98 Å². The molecule has 4 rings (SSSR count). The molecule has 0 amide bonds. The molecule has 8 heteroatoms. The maximum Gasteiger partial charge on any atom is 0.229 e. The molecule has 0 saturated carbocycles. The zero-order valence-electron chi connectivity index (χ0n) is 15.7. The summed E-state index contributed by atoms with van der Waals surface area (Å²) in [5.41, 5.74) is 2.70. The second-order valence-corrected chi connectivity index (χ2v) is 7.75. The van der Waals surface area contributed by atoms with E-state index in [0.717, 1.165) is 41.5 Å². The summed E-state index contributed by atoms with van der Waals surface area (Å²) in [7, 11) is 4.04. The molecule has 0 aliphatic carbocycles. The van der Waals surface area contributed by atoms with Crippen LogP contribution in [0.2, 0.25) is 0 Å². The van der Waals surface area contributed by atoms with Crippen molar-refractivity contribution in [2.45, 2.75) is 31.1 Å². The van der Waals surface area contributed by atoms with Gasteiger partial charge in [0.2, 0.25) is 5.95 Å². The first-order valence-electron chi connectivity index (χ1n) is 8.97. The van der Waals surface area contributed by atoms with Gasteiger partial charge < -0.3 is 14.6 Å². The maximum atomic E-state index is 5.52. The SMILES string of the molecule is Cc1ncc(-c2ccc(Nc3nc4c(c(N(C)C)n3)SCCCC4)cn2)o1. The summed E-state index contributed by atoms with van der Waals surface area (Å²) in [6, 6.07) is 3.84. The lowest BCUT2D eigenvalue weighted by Gasteiger charge is -2.18. The molecule has 0 fully saturated rings. The Morgan fingerprint density at radius 3 is 2.70 bits per heavy atom. The first-order chi connectivity index (χ1) is 13.1. The second-order valence-electron chi connectivity index (χ2n) is 6.65. The van der Waals surface area contributed by atoms with Crippen LogP contribution in [0.15, 0.2) is 33.8 Å². The maximum absolute atomic E-state index is 5.52. The van der Waals surface area contributed by atoms with Crippen LogP contribution in [0.25, 0.3) is 11.5 Å². The topological polar surface area (TPSA) is 80.0 Å². The summed E-state index contributed by atoms with van der Waals surface area (Å²) in [5, 5.41) is 3.29. The molecule has 7 nitrogen and oxygen atoms in total. The highest BCUT2D eigenvalue weighted by atomic mass is 32.2.